The average molecular weight is 423 g/mol. The Morgan fingerprint density at radius 2 is 1.75 bits per heavy atom. The van der Waals surface area contributed by atoms with E-state index >= 15 is 0 Å². The van der Waals surface area contributed by atoms with Gasteiger partial charge in [-0.05, 0) is 36.4 Å². The highest BCUT2D eigenvalue weighted by Crippen LogP contribution is 2.24. The van der Waals surface area contributed by atoms with Crippen molar-refractivity contribution in [1.82, 2.24) is 24.6 Å². The molecule has 1 saturated heterocycles. The molecular weight excluding hydrogens is 402 g/mol. The summed E-state index contributed by atoms with van der Waals surface area (Å²) >= 11 is 0. The summed E-state index contributed by atoms with van der Waals surface area (Å²) in [6.45, 7) is 3.38. The van der Waals surface area contributed by atoms with Crippen molar-refractivity contribution in [3.63, 3.8) is 0 Å². The molecule has 2 aromatic carbocycles. The zero-order chi connectivity index (χ0) is 21.3. The van der Waals surface area contributed by atoms with Crippen LogP contribution in [0.15, 0.2) is 73.2 Å². The van der Waals surface area contributed by atoms with Gasteiger partial charge in [0, 0.05) is 41.6 Å². The molecule has 32 heavy (non-hydrogen) atoms. The first-order chi connectivity index (χ1) is 15.8. The van der Waals surface area contributed by atoms with Gasteiger partial charge in [0.15, 0.2) is 5.65 Å². The molecular formula is C24H21N7O. The third-order valence-corrected chi connectivity index (χ3v) is 5.63. The summed E-state index contributed by atoms with van der Waals surface area (Å²) in [7, 11) is 0. The van der Waals surface area contributed by atoms with Crippen LogP contribution in [0, 0.1) is 0 Å². The lowest BCUT2D eigenvalue weighted by Crippen LogP contribution is -2.36. The summed E-state index contributed by atoms with van der Waals surface area (Å²) in [5.41, 5.74) is 5.52. The predicted octanol–water partition coefficient (Wildman–Crippen LogP) is 3.92. The molecule has 8 heteroatoms. The van der Waals surface area contributed by atoms with Gasteiger partial charge in [0.25, 0.3) is 0 Å². The van der Waals surface area contributed by atoms with Crippen LogP contribution in [0.4, 0.5) is 17.3 Å². The number of nitrogens with one attached hydrogen (secondary N) is 1. The van der Waals surface area contributed by atoms with Crippen molar-refractivity contribution in [2.24, 2.45) is 0 Å². The molecule has 1 aliphatic rings. The lowest BCUT2D eigenvalue weighted by atomic mass is 10.1. The van der Waals surface area contributed by atoms with Crippen LogP contribution in [0.1, 0.15) is 0 Å². The maximum Gasteiger partial charge on any atom is 0.247 e. The zero-order valence-electron chi connectivity index (χ0n) is 17.3. The fraction of sp³-hybridized carbons (Fsp3) is 0.167. The molecule has 0 radical (unpaired) electrons. The van der Waals surface area contributed by atoms with Crippen molar-refractivity contribution >= 4 is 33.9 Å². The summed E-state index contributed by atoms with van der Waals surface area (Å²) in [4.78, 5) is 15.9. The first-order valence-corrected chi connectivity index (χ1v) is 10.6. The van der Waals surface area contributed by atoms with Crippen molar-refractivity contribution in [3.8, 4) is 11.3 Å². The van der Waals surface area contributed by atoms with Crippen LogP contribution in [0.3, 0.4) is 0 Å². The van der Waals surface area contributed by atoms with Gasteiger partial charge in [-0.25, -0.2) is 4.52 Å². The Morgan fingerprint density at radius 3 is 2.62 bits per heavy atom. The Labute approximate surface area is 184 Å². The number of aromatic nitrogens is 5. The van der Waals surface area contributed by atoms with Crippen molar-refractivity contribution in [2.75, 3.05) is 36.5 Å². The number of para-hydroxylation sites is 1. The zero-order valence-corrected chi connectivity index (χ0v) is 17.3. The number of nitrogens with zero attached hydrogens (tertiary/aromatic N) is 6. The van der Waals surface area contributed by atoms with Crippen molar-refractivity contribution in [3.05, 3.63) is 73.2 Å². The summed E-state index contributed by atoms with van der Waals surface area (Å²) in [5, 5.41) is 9.05. The van der Waals surface area contributed by atoms with Crippen molar-refractivity contribution in [2.45, 2.75) is 0 Å². The van der Waals surface area contributed by atoms with Gasteiger partial charge in [-0.1, -0.05) is 18.2 Å². The second-order valence-corrected chi connectivity index (χ2v) is 7.69. The molecule has 1 aliphatic heterocycles. The second-order valence-electron chi connectivity index (χ2n) is 7.69. The van der Waals surface area contributed by atoms with Crippen LogP contribution in [-0.2, 0) is 4.74 Å². The molecule has 0 spiro atoms. The van der Waals surface area contributed by atoms with Gasteiger partial charge in [0.05, 0.1) is 36.8 Å². The van der Waals surface area contributed by atoms with Gasteiger partial charge in [-0.3, -0.25) is 9.97 Å². The number of anilines is 3. The van der Waals surface area contributed by atoms with E-state index in [1.165, 1.54) is 5.69 Å². The Morgan fingerprint density at radius 1 is 0.906 bits per heavy atom. The Kier molecular flexibility index (Phi) is 4.62. The smallest absolute Gasteiger partial charge is 0.247 e. The molecule has 0 aliphatic carbocycles. The summed E-state index contributed by atoms with van der Waals surface area (Å²) in [6, 6.07) is 18.4. The van der Waals surface area contributed by atoms with Crippen LogP contribution in [0.5, 0.6) is 0 Å². The van der Waals surface area contributed by atoms with E-state index in [9.17, 15) is 0 Å². The number of rotatable bonds is 4. The monoisotopic (exact) mass is 423 g/mol. The second kappa shape index (κ2) is 7.90. The number of morpholine rings is 1. The number of fused-ring (bicyclic) bond motifs is 2. The third-order valence-electron chi connectivity index (χ3n) is 5.63. The number of pyridine rings is 1. The summed E-state index contributed by atoms with van der Waals surface area (Å²) < 4.78 is 7.23. The quantitative estimate of drug-likeness (QED) is 0.469. The third kappa shape index (κ3) is 3.50. The van der Waals surface area contributed by atoms with Crippen molar-refractivity contribution in [1.29, 1.82) is 0 Å². The molecule has 1 N–H and O–H groups in total. The maximum atomic E-state index is 5.43. The summed E-state index contributed by atoms with van der Waals surface area (Å²) in [6.07, 6.45) is 5.34. The number of ether oxygens (including phenoxy) is 1. The van der Waals surface area contributed by atoms with Gasteiger partial charge in [0.1, 0.15) is 0 Å². The van der Waals surface area contributed by atoms with E-state index in [1.807, 2.05) is 42.6 Å². The molecule has 0 atom stereocenters. The molecule has 6 rings (SSSR count). The number of benzene rings is 2. The highest BCUT2D eigenvalue weighted by molar-refractivity contribution is 5.83. The lowest BCUT2D eigenvalue weighted by Gasteiger charge is -2.28. The van der Waals surface area contributed by atoms with Gasteiger partial charge in [0.2, 0.25) is 5.95 Å². The van der Waals surface area contributed by atoms with Crippen LogP contribution in [-0.4, -0.2) is 50.9 Å². The standard InChI is InChI=1S/C24H21N7O/c1-2-4-21-17(3-1)13-18(14-26-21)22-15-25-16-23-28-24(29-31(22)23)27-19-5-7-20(8-6-19)30-9-11-32-12-10-30/h1-8,13-16H,9-12H2,(H,27,29). The average Bonchev–Trinajstić information content (AvgIpc) is 3.27. The van der Waals surface area contributed by atoms with E-state index < -0.39 is 0 Å². The van der Waals surface area contributed by atoms with E-state index in [4.69, 9.17) is 4.74 Å². The van der Waals surface area contributed by atoms with Crippen LogP contribution >= 0.6 is 0 Å². The molecule has 0 bridgehead atoms. The Hall–Kier alpha value is -4.04. The molecule has 8 nitrogen and oxygen atoms in total. The lowest BCUT2D eigenvalue weighted by molar-refractivity contribution is 0.122. The molecule has 0 saturated carbocycles. The minimum Gasteiger partial charge on any atom is -0.378 e. The van der Waals surface area contributed by atoms with Gasteiger partial charge >= 0.3 is 0 Å². The first kappa shape index (κ1) is 18.7. The molecule has 5 aromatic rings. The first-order valence-electron chi connectivity index (χ1n) is 10.6. The Bertz CT molecular complexity index is 1390. The fourth-order valence-electron chi connectivity index (χ4n) is 3.98. The summed E-state index contributed by atoms with van der Waals surface area (Å²) in [5.74, 6) is 0.520. The largest absolute Gasteiger partial charge is 0.378 e. The van der Waals surface area contributed by atoms with Crippen LogP contribution < -0.4 is 10.2 Å². The number of hydrogen-bond acceptors (Lipinski definition) is 7. The maximum absolute atomic E-state index is 5.43. The highest BCUT2D eigenvalue weighted by atomic mass is 16.5. The van der Waals surface area contributed by atoms with Gasteiger partial charge in [-0.15, -0.1) is 5.10 Å². The molecule has 1 fully saturated rings. The molecule has 0 unspecified atom stereocenters. The highest BCUT2D eigenvalue weighted by Gasteiger charge is 2.13. The Balaban J connectivity index is 1.29. The van der Waals surface area contributed by atoms with Crippen LogP contribution in [0.2, 0.25) is 0 Å². The van der Waals surface area contributed by atoms with E-state index in [0.29, 0.717) is 11.6 Å². The number of hydrogen-bond donors (Lipinski definition) is 1. The minimum atomic E-state index is 0.520. The molecule has 4 heterocycles. The van der Waals surface area contributed by atoms with Gasteiger partial charge in [-0.2, -0.15) is 4.98 Å². The predicted molar refractivity (Wildman–Crippen MR) is 124 cm³/mol. The van der Waals surface area contributed by atoms with Gasteiger partial charge < -0.3 is 15.0 Å². The van der Waals surface area contributed by atoms with E-state index in [2.05, 4.69) is 48.5 Å². The fourth-order valence-corrected chi connectivity index (χ4v) is 3.98. The topological polar surface area (TPSA) is 80.5 Å². The molecule has 3 aromatic heterocycles. The molecule has 0 amide bonds. The minimum absolute atomic E-state index is 0.520. The SMILES string of the molecule is c1ccc2ncc(-c3cncc4nc(Nc5ccc(N6CCOCC6)cc5)nn34)cc2c1. The normalized spacial score (nSPS) is 14.2. The van der Waals surface area contributed by atoms with Crippen molar-refractivity contribution < 1.29 is 4.74 Å². The van der Waals surface area contributed by atoms with E-state index in [1.54, 1.807) is 16.9 Å². The van der Waals surface area contributed by atoms with Crippen LogP contribution in [0.25, 0.3) is 27.8 Å². The van der Waals surface area contributed by atoms with E-state index in [-0.39, 0.29) is 0 Å². The molecule has 158 valence electrons. The van der Waals surface area contributed by atoms with E-state index in [0.717, 1.165) is 54.2 Å².